The zero-order valence-electron chi connectivity index (χ0n) is 18.4. The fourth-order valence-electron chi connectivity index (χ4n) is 3.57. The first kappa shape index (κ1) is 24.7. The highest BCUT2D eigenvalue weighted by atomic mass is 32.2. The topological polar surface area (TPSA) is 172 Å². The molecule has 0 aliphatic carbocycles. The number of thiazole rings is 1. The number of anilines is 1. The van der Waals surface area contributed by atoms with Crippen molar-refractivity contribution in [2.24, 2.45) is 11.1 Å². The number of thioether (sulfide) groups is 1. The highest BCUT2D eigenvalue weighted by molar-refractivity contribution is 8.00. The Morgan fingerprint density at radius 3 is 2.52 bits per heavy atom. The number of carbonyl (C=O) groups is 4. The number of carbonyl (C=O) groups excluding carboxylic acids is 2. The van der Waals surface area contributed by atoms with Gasteiger partial charge in [-0.15, -0.1) is 23.1 Å². The molecule has 3 heterocycles. The molecule has 1 amide bonds. The van der Waals surface area contributed by atoms with E-state index in [2.05, 4.69) is 10.1 Å². The van der Waals surface area contributed by atoms with Gasteiger partial charge < -0.3 is 20.8 Å². The fourth-order valence-corrected chi connectivity index (χ4v) is 5.71. The number of β-lactam (4-membered cyclic amide) rings is 1. The molecule has 1 saturated heterocycles. The van der Waals surface area contributed by atoms with Crippen LogP contribution in [0.4, 0.5) is 5.13 Å². The van der Waals surface area contributed by atoms with Crippen LogP contribution in [0.3, 0.4) is 0 Å². The molecule has 1 aromatic rings. The smallest absolute Gasteiger partial charge is 0.352 e. The van der Waals surface area contributed by atoms with Crippen molar-refractivity contribution in [1.82, 2.24) is 9.88 Å². The number of nitrogens with zero attached hydrogens (tertiary/aromatic N) is 3. The Labute approximate surface area is 197 Å². The van der Waals surface area contributed by atoms with Crippen molar-refractivity contribution in [3.63, 3.8) is 0 Å². The number of carboxylic acids is 2. The lowest BCUT2D eigenvalue weighted by atomic mass is 9.88. The Balaban J connectivity index is 1.86. The molecule has 4 N–H and O–H groups in total. The number of aliphatic carboxylic acids is 2. The van der Waals surface area contributed by atoms with Crippen LogP contribution in [0.15, 0.2) is 21.8 Å². The minimum Gasteiger partial charge on any atom is -0.478 e. The molecule has 3 rings (SSSR count). The highest BCUT2D eigenvalue weighted by Gasteiger charge is 2.55. The van der Waals surface area contributed by atoms with Crippen molar-refractivity contribution in [1.29, 1.82) is 0 Å². The van der Waals surface area contributed by atoms with Crippen molar-refractivity contribution >= 4 is 57.6 Å². The van der Waals surface area contributed by atoms with Gasteiger partial charge in [-0.05, 0) is 32.8 Å². The summed E-state index contributed by atoms with van der Waals surface area (Å²) in [6, 6.07) is 0. The standard InChI is InChI=1S/C20H24N4O7S2/c1-5-9-8(2)33-16-10(15(26)24(16)14(9)17(27)28)6-12(25)13(11-7-32-19(21)22-11)23-31-20(3,4)18(29)30/h7-8,10,16H,5-6H2,1-4H3,(H2,21,22)(H,27,28)(H,29,30)/b23-13-/t8-,10+,16+/m0/s1. The van der Waals surface area contributed by atoms with Crippen LogP contribution in [0.1, 0.15) is 46.2 Å². The second-order valence-corrected chi connectivity index (χ2v) is 10.4. The molecule has 3 atom stereocenters. The summed E-state index contributed by atoms with van der Waals surface area (Å²) < 4.78 is 0. The van der Waals surface area contributed by atoms with Gasteiger partial charge in [0.25, 0.3) is 0 Å². The first-order valence-corrected chi connectivity index (χ1v) is 11.9. The van der Waals surface area contributed by atoms with Gasteiger partial charge in [0.15, 0.2) is 16.6 Å². The summed E-state index contributed by atoms with van der Waals surface area (Å²) in [6.07, 6.45) is 0.232. The highest BCUT2D eigenvalue weighted by Crippen LogP contribution is 2.48. The van der Waals surface area contributed by atoms with Gasteiger partial charge in [0.05, 0.1) is 11.3 Å². The molecule has 13 heteroatoms. The van der Waals surface area contributed by atoms with Crippen LogP contribution in [0, 0.1) is 5.92 Å². The van der Waals surface area contributed by atoms with Crippen molar-refractivity contribution < 1.29 is 34.2 Å². The van der Waals surface area contributed by atoms with Gasteiger partial charge in [0, 0.05) is 17.1 Å². The van der Waals surface area contributed by atoms with Gasteiger partial charge in [-0.3, -0.25) is 14.5 Å². The Hall–Kier alpha value is -2.93. The van der Waals surface area contributed by atoms with Crippen molar-refractivity contribution in [2.45, 2.75) is 56.8 Å². The number of hydrogen-bond acceptors (Lipinski definition) is 10. The number of nitrogens with two attached hydrogens (primary N) is 1. The van der Waals surface area contributed by atoms with E-state index in [1.807, 2.05) is 13.8 Å². The largest absolute Gasteiger partial charge is 0.478 e. The molecule has 33 heavy (non-hydrogen) atoms. The Bertz CT molecular complexity index is 1080. The molecular weight excluding hydrogens is 472 g/mol. The third-order valence-corrected chi connectivity index (χ3v) is 7.62. The molecule has 0 saturated carbocycles. The van der Waals surface area contributed by atoms with Crippen LogP contribution in [-0.2, 0) is 24.0 Å². The van der Waals surface area contributed by atoms with Gasteiger partial charge in [0.1, 0.15) is 11.4 Å². The number of aromatic nitrogens is 1. The lowest BCUT2D eigenvalue weighted by Crippen LogP contribution is -2.62. The Morgan fingerprint density at radius 1 is 1.33 bits per heavy atom. The van der Waals surface area contributed by atoms with Gasteiger partial charge >= 0.3 is 11.9 Å². The van der Waals surface area contributed by atoms with Crippen molar-refractivity contribution in [3.8, 4) is 0 Å². The maximum absolute atomic E-state index is 13.1. The van der Waals surface area contributed by atoms with Crippen LogP contribution < -0.4 is 5.73 Å². The zero-order valence-corrected chi connectivity index (χ0v) is 20.0. The number of fused-ring (bicyclic) bond motifs is 1. The van der Waals surface area contributed by atoms with Gasteiger partial charge in [-0.25, -0.2) is 14.6 Å². The van der Waals surface area contributed by atoms with Crippen LogP contribution >= 0.6 is 23.1 Å². The van der Waals surface area contributed by atoms with E-state index in [-0.39, 0.29) is 33.9 Å². The number of oxime groups is 1. The lowest BCUT2D eigenvalue weighted by molar-refractivity contribution is -0.161. The number of hydrogen-bond donors (Lipinski definition) is 3. The molecule has 11 nitrogen and oxygen atoms in total. The number of amides is 1. The summed E-state index contributed by atoms with van der Waals surface area (Å²) in [4.78, 5) is 59.5. The van der Waals surface area contributed by atoms with Crippen LogP contribution in [0.25, 0.3) is 0 Å². The predicted molar refractivity (Wildman–Crippen MR) is 122 cm³/mol. The minimum atomic E-state index is -1.71. The van der Waals surface area contributed by atoms with E-state index in [4.69, 9.17) is 10.6 Å². The van der Waals surface area contributed by atoms with Gasteiger partial charge in [0.2, 0.25) is 11.5 Å². The average Bonchev–Trinajstić information content (AvgIpc) is 3.16. The number of Topliss-reactive ketones (excluding diaryl/α,β-unsaturated/α-hetero) is 1. The maximum Gasteiger partial charge on any atom is 0.352 e. The van der Waals surface area contributed by atoms with E-state index in [1.165, 1.54) is 35.9 Å². The maximum atomic E-state index is 13.1. The summed E-state index contributed by atoms with van der Waals surface area (Å²) in [5, 5.41) is 23.7. The third-order valence-electron chi connectivity index (χ3n) is 5.43. The SMILES string of the molecule is CCC1=C(C(=O)O)N2C(=O)[C@@H](CC(=O)/C(=N\OC(C)(C)C(=O)O)c3csc(N)n3)[C@H]2S[C@H]1C. The van der Waals surface area contributed by atoms with Crippen LogP contribution in [0.5, 0.6) is 0 Å². The van der Waals surface area contributed by atoms with E-state index >= 15 is 0 Å². The fraction of sp³-hybridized carbons (Fsp3) is 0.500. The molecule has 2 aliphatic heterocycles. The van der Waals surface area contributed by atoms with E-state index < -0.39 is 40.5 Å². The average molecular weight is 497 g/mol. The van der Waals surface area contributed by atoms with E-state index in [0.29, 0.717) is 12.0 Å². The Morgan fingerprint density at radius 2 is 2.00 bits per heavy atom. The molecule has 0 bridgehead atoms. The second-order valence-electron chi connectivity index (χ2n) is 8.06. The number of nitrogen functional groups attached to an aromatic ring is 1. The quantitative estimate of drug-likeness (QED) is 0.260. The van der Waals surface area contributed by atoms with E-state index in [0.717, 1.165) is 11.3 Å². The molecule has 0 spiro atoms. The molecule has 1 fully saturated rings. The molecule has 0 aromatic carbocycles. The van der Waals surface area contributed by atoms with Gasteiger partial charge in [-0.1, -0.05) is 12.1 Å². The summed E-state index contributed by atoms with van der Waals surface area (Å²) in [6.45, 7) is 6.25. The van der Waals surface area contributed by atoms with Gasteiger partial charge in [-0.2, -0.15) is 0 Å². The van der Waals surface area contributed by atoms with E-state index in [1.54, 1.807) is 0 Å². The number of carboxylic acid groups (broad SMARTS) is 2. The summed E-state index contributed by atoms with van der Waals surface area (Å²) in [5.74, 6) is -4.26. The zero-order chi connectivity index (χ0) is 24.7. The summed E-state index contributed by atoms with van der Waals surface area (Å²) in [5.41, 5.74) is 4.47. The minimum absolute atomic E-state index is 0.0184. The predicted octanol–water partition coefficient (Wildman–Crippen LogP) is 1.94. The lowest BCUT2D eigenvalue weighted by Gasteiger charge is -2.51. The number of rotatable bonds is 9. The Kier molecular flexibility index (Phi) is 6.84. The van der Waals surface area contributed by atoms with Crippen LogP contribution in [0.2, 0.25) is 0 Å². The molecular formula is C20H24N4O7S2. The summed E-state index contributed by atoms with van der Waals surface area (Å²) >= 11 is 2.49. The first-order valence-electron chi connectivity index (χ1n) is 10.1. The van der Waals surface area contributed by atoms with Crippen LogP contribution in [-0.4, -0.2) is 65.7 Å². The summed E-state index contributed by atoms with van der Waals surface area (Å²) in [7, 11) is 0. The molecule has 1 aromatic heterocycles. The monoisotopic (exact) mass is 496 g/mol. The number of ketones is 1. The molecule has 178 valence electrons. The first-order chi connectivity index (χ1) is 15.4. The van der Waals surface area contributed by atoms with Crippen molar-refractivity contribution in [2.75, 3.05) is 5.73 Å². The van der Waals surface area contributed by atoms with Crippen molar-refractivity contribution in [3.05, 3.63) is 22.3 Å². The molecule has 0 radical (unpaired) electrons. The second kappa shape index (κ2) is 9.14. The molecule has 0 unspecified atom stereocenters. The third kappa shape index (κ3) is 4.60. The normalized spacial score (nSPS) is 23.2. The van der Waals surface area contributed by atoms with E-state index in [9.17, 15) is 29.4 Å². The molecule has 2 aliphatic rings.